The molecule has 1 amide bonds. The van der Waals surface area contributed by atoms with Gasteiger partial charge in [-0.1, -0.05) is 20.8 Å². The van der Waals surface area contributed by atoms with Crippen molar-refractivity contribution < 1.29 is 14.3 Å². The van der Waals surface area contributed by atoms with E-state index in [1.54, 1.807) is 0 Å². The molecule has 2 heterocycles. The molecule has 3 aliphatic rings. The minimum absolute atomic E-state index is 0.0450. The highest BCUT2D eigenvalue weighted by Crippen LogP contribution is 2.66. The molecule has 2 aliphatic heterocycles. The van der Waals surface area contributed by atoms with Gasteiger partial charge in [0, 0.05) is 18.5 Å². The molecule has 0 aromatic carbocycles. The van der Waals surface area contributed by atoms with Crippen molar-refractivity contribution in [1.29, 1.82) is 0 Å². The van der Waals surface area contributed by atoms with Crippen LogP contribution in [0.2, 0.25) is 0 Å². The summed E-state index contributed by atoms with van der Waals surface area (Å²) in [4.78, 5) is 27.2. The quantitative estimate of drug-likeness (QED) is 0.692. The van der Waals surface area contributed by atoms with Gasteiger partial charge in [0.1, 0.15) is 0 Å². The number of amides is 1. The SMILES string of the molecule is C[C@H]1CCCN(C(=O)[C@]23CC[C@](C)(C(=O)O2)C3(C)C)C1. The summed E-state index contributed by atoms with van der Waals surface area (Å²) in [5.74, 6) is 0.396. The molecule has 0 spiro atoms. The van der Waals surface area contributed by atoms with Crippen molar-refractivity contribution in [3.8, 4) is 0 Å². The Morgan fingerprint density at radius 1 is 1.30 bits per heavy atom. The van der Waals surface area contributed by atoms with Crippen molar-refractivity contribution in [3.63, 3.8) is 0 Å². The first-order valence-corrected chi connectivity index (χ1v) is 7.77. The average Bonchev–Trinajstić information content (AvgIpc) is 2.68. The van der Waals surface area contributed by atoms with Gasteiger partial charge >= 0.3 is 5.97 Å². The molecule has 0 radical (unpaired) electrons. The topological polar surface area (TPSA) is 46.6 Å². The number of ether oxygens (including phenoxy) is 1. The van der Waals surface area contributed by atoms with Crippen LogP contribution in [0.1, 0.15) is 53.4 Å². The molecule has 3 fully saturated rings. The van der Waals surface area contributed by atoms with Crippen LogP contribution >= 0.6 is 0 Å². The number of nitrogens with zero attached hydrogens (tertiary/aromatic N) is 1. The summed E-state index contributed by atoms with van der Waals surface area (Å²) in [6.07, 6.45) is 3.66. The minimum Gasteiger partial charge on any atom is -0.448 e. The summed E-state index contributed by atoms with van der Waals surface area (Å²) < 4.78 is 5.69. The van der Waals surface area contributed by atoms with E-state index in [9.17, 15) is 9.59 Å². The maximum atomic E-state index is 13.1. The predicted molar refractivity (Wildman–Crippen MR) is 74.9 cm³/mol. The second-order valence-electron chi connectivity index (χ2n) is 7.67. The van der Waals surface area contributed by atoms with Gasteiger partial charge in [0.2, 0.25) is 0 Å². The second-order valence-corrected chi connectivity index (χ2v) is 7.67. The highest BCUT2D eigenvalue weighted by molar-refractivity contribution is 5.96. The lowest BCUT2D eigenvalue weighted by Crippen LogP contribution is -2.56. The van der Waals surface area contributed by atoms with Crippen LogP contribution in [0.5, 0.6) is 0 Å². The zero-order valence-electron chi connectivity index (χ0n) is 13.0. The molecule has 112 valence electrons. The summed E-state index contributed by atoms with van der Waals surface area (Å²) >= 11 is 0. The number of carbonyl (C=O) groups is 2. The van der Waals surface area contributed by atoms with Crippen molar-refractivity contribution in [1.82, 2.24) is 4.90 Å². The summed E-state index contributed by atoms with van der Waals surface area (Å²) in [7, 11) is 0. The van der Waals surface area contributed by atoms with Gasteiger partial charge < -0.3 is 9.64 Å². The number of fused-ring (bicyclic) bond motifs is 2. The number of likely N-dealkylation sites (tertiary alicyclic amines) is 1. The van der Waals surface area contributed by atoms with Gasteiger partial charge in [-0.25, -0.2) is 0 Å². The van der Waals surface area contributed by atoms with E-state index in [0.717, 1.165) is 25.9 Å². The third-order valence-electron chi connectivity index (χ3n) is 6.37. The van der Waals surface area contributed by atoms with E-state index in [1.165, 1.54) is 6.42 Å². The number of esters is 1. The van der Waals surface area contributed by atoms with Gasteiger partial charge in [0.15, 0.2) is 5.60 Å². The van der Waals surface area contributed by atoms with Gasteiger partial charge in [0.25, 0.3) is 5.91 Å². The van der Waals surface area contributed by atoms with Crippen LogP contribution in [0, 0.1) is 16.7 Å². The lowest BCUT2D eigenvalue weighted by Gasteiger charge is -2.41. The third-order valence-corrected chi connectivity index (χ3v) is 6.37. The van der Waals surface area contributed by atoms with Crippen molar-refractivity contribution in [3.05, 3.63) is 0 Å². The van der Waals surface area contributed by atoms with Gasteiger partial charge in [-0.2, -0.15) is 0 Å². The molecule has 4 heteroatoms. The standard InChI is InChI=1S/C16H25NO3/c1-11-6-5-9-17(10-11)12(18)16-8-7-15(4,13(19)20-16)14(16,2)3/h11H,5-10H2,1-4H3/t11-,15+,16-/m0/s1. The largest absolute Gasteiger partial charge is 0.448 e. The normalized spacial score (nSPS) is 42.7. The maximum absolute atomic E-state index is 13.1. The summed E-state index contributed by atoms with van der Waals surface area (Å²) in [6, 6.07) is 0. The monoisotopic (exact) mass is 279 g/mol. The first-order chi connectivity index (χ1) is 9.24. The Morgan fingerprint density at radius 3 is 2.50 bits per heavy atom. The fourth-order valence-corrected chi connectivity index (χ4v) is 4.35. The molecule has 3 atom stereocenters. The van der Waals surface area contributed by atoms with E-state index in [2.05, 4.69) is 6.92 Å². The van der Waals surface area contributed by atoms with Gasteiger partial charge in [0.05, 0.1) is 5.41 Å². The molecule has 2 saturated heterocycles. The molecule has 2 bridgehead atoms. The number of carbonyl (C=O) groups excluding carboxylic acids is 2. The molecular weight excluding hydrogens is 254 g/mol. The average molecular weight is 279 g/mol. The lowest BCUT2D eigenvalue weighted by atomic mass is 9.66. The van der Waals surface area contributed by atoms with Crippen molar-refractivity contribution >= 4 is 11.9 Å². The number of hydrogen-bond donors (Lipinski definition) is 0. The lowest BCUT2D eigenvalue weighted by molar-refractivity contribution is -0.175. The number of piperidine rings is 1. The van der Waals surface area contributed by atoms with Gasteiger partial charge in [-0.05, 0) is 38.5 Å². The Balaban J connectivity index is 1.93. The smallest absolute Gasteiger partial charge is 0.313 e. The van der Waals surface area contributed by atoms with Crippen molar-refractivity contribution in [2.24, 2.45) is 16.7 Å². The van der Waals surface area contributed by atoms with Gasteiger partial charge in [-0.3, -0.25) is 9.59 Å². The van der Waals surface area contributed by atoms with Crippen LogP contribution < -0.4 is 0 Å². The van der Waals surface area contributed by atoms with Crippen LogP contribution in [-0.2, 0) is 14.3 Å². The molecule has 1 saturated carbocycles. The Kier molecular flexibility index (Phi) is 2.77. The van der Waals surface area contributed by atoms with Crippen LogP contribution in [0.15, 0.2) is 0 Å². The van der Waals surface area contributed by atoms with E-state index < -0.39 is 16.4 Å². The fraction of sp³-hybridized carbons (Fsp3) is 0.875. The fourth-order valence-electron chi connectivity index (χ4n) is 4.35. The summed E-state index contributed by atoms with van der Waals surface area (Å²) in [6.45, 7) is 9.78. The number of rotatable bonds is 1. The van der Waals surface area contributed by atoms with Crippen LogP contribution in [0.3, 0.4) is 0 Å². The van der Waals surface area contributed by atoms with Gasteiger partial charge in [-0.15, -0.1) is 0 Å². The third kappa shape index (κ3) is 1.43. The molecule has 1 aliphatic carbocycles. The molecule has 0 aromatic rings. The van der Waals surface area contributed by atoms with E-state index in [0.29, 0.717) is 12.3 Å². The number of hydrogen-bond acceptors (Lipinski definition) is 3. The van der Waals surface area contributed by atoms with E-state index in [4.69, 9.17) is 4.74 Å². The zero-order valence-corrected chi connectivity index (χ0v) is 13.0. The molecule has 0 aromatic heterocycles. The summed E-state index contributed by atoms with van der Waals surface area (Å²) in [5, 5.41) is 0. The van der Waals surface area contributed by atoms with E-state index in [-0.39, 0.29) is 11.9 Å². The molecule has 0 unspecified atom stereocenters. The molecule has 0 N–H and O–H groups in total. The molecule has 4 nitrogen and oxygen atoms in total. The Bertz CT molecular complexity index is 472. The predicted octanol–water partition coefficient (Wildman–Crippen LogP) is 2.37. The van der Waals surface area contributed by atoms with E-state index >= 15 is 0 Å². The molecule has 20 heavy (non-hydrogen) atoms. The zero-order chi connectivity index (χ0) is 14.8. The second kappa shape index (κ2) is 3.99. The Morgan fingerprint density at radius 2 is 2.00 bits per heavy atom. The minimum atomic E-state index is -0.921. The van der Waals surface area contributed by atoms with Crippen molar-refractivity contribution in [2.45, 2.75) is 59.0 Å². The van der Waals surface area contributed by atoms with Crippen molar-refractivity contribution in [2.75, 3.05) is 13.1 Å². The van der Waals surface area contributed by atoms with Crippen LogP contribution in [0.4, 0.5) is 0 Å². The first-order valence-electron chi connectivity index (χ1n) is 7.77. The highest BCUT2D eigenvalue weighted by atomic mass is 16.6. The summed E-state index contributed by atoms with van der Waals surface area (Å²) in [5.41, 5.74) is -1.85. The molecule has 3 rings (SSSR count). The van der Waals surface area contributed by atoms with E-state index in [1.807, 2.05) is 25.7 Å². The first kappa shape index (κ1) is 13.9. The highest BCUT2D eigenvalue weighted by Gasteiger charge is 2.76. The Labute approximate surface area is 120 Å². The van der Waals surface area contributed by atoms with Crippen LogP contribution in [0.25, 0.3) is 0 Å². The Hall–Kier alpha value is -1.06. The maximum Gasteiger partial charge on any atom is 0.313 e. The van der Waals surface area contributed by atoms with Crippen LogP contribution in [-0.4, -0.2) is 35.5 Å². The molecular formula is C16H25NO3.